The van der Waals surface area contributed by atoms with Crippen LogP contribution in [0, 0.1) is 5.92 Å². The quantitative estimate of drug-likeness (QED) is 0.484. The molecule has 1 aliphatic rings. The first-order valence-electron chi connectivity index (χ1n) is 8.00. The lowest BCUT2D eigenvalue weighted by Crippen LogP contribution is -2.12. The summed E-state index contributed by atoms with van der Waals surface area (Å²) >= 11 is 4.79. The Labute approximate surface area is 159 Å². The number of anilines is 1. The average Bonchev–Trinajstić information content (AvgIpc) is 3.05. The Balaban J connectivity index is 1.54. The number of hydrogen-bond donors (Lipinski definition) is 2. The lowest BCUT2D eigenvalue weighted by atomic mass is 10.3. The summed E-state index contributed by atoms with van der Waals surface area (Å²) in [5.41, 5.74) is 2.23. The summed E-state index contributed by atoms with van der Waals surface area (Å²) in [4.78, 5) is 25.1. The molecule has 130 valence electrons. The molecule has 0 unspecified atom stereocenters. The van der Waals surface area contributed by atoms with Gasteiger partial charge in [-0.3, -0.25) is 14.5 Å². The van der Waals surface area contributed by atoms with E-state index in [1.807, 2.05) is 22.8 Å². The van der Waals surface area contributed by atoms with Crippen molar-refractivity contribution in [3.8, 4) is 17.2 Å². The van der Waals surface area contributed by atoms with Gasteiger partial charge in [0.1, 0.15) is 15.6 Å². The number of rotatable bonds is 4. The second kappa shape index (κ2) is 5.99. The minimum atomic E-state index is 0.0394. The van der Waals surface area contributed by atoms with Gasteiger partial charge in [0.15, 0.2) is 16.6 Å². The highest BCUT2D eigenvalue weighted by Crippen LogP contribution is 2.34. The molecule has 0 bridgehead atoms. The molecule has 1 fully saturated rings. The van der Waals surface area contributed by atoms with E-state index in [1.54, 1.807) is 12.5 Å². The highest BCUT2D eigenvalue weighted by Gasteiger charge is 2.30. The van der Waals surface area contributed by atoms with Crippen LogP contribution >= 0.6 is 27.3 Å². The van der Waals surface area contributed by atoms with E-state index in [0.717, 1.165) is 33.5 Å². The zero-order chi connectivity index (χ0) is 17.7. The third-order valence-corrected chi connectivity index (χ3v) is 5.53. The number of H-pyrrole nitrogens is 1. The second-order valence-corrected chi connectivity index (χ2v) is 7.81. The van der Waals surface area contributed by atoms with Crippen LogP contribution in [0.25, 0.3) is 27.6 Å². The Morgan fingerprint density at radius 3 is 3.04 bits per heavy atom. The summed E-state index contributed by atoms with van der Waals surface area (Å²) in [6.07, 6.45) is 5.35. The number of amides is 1. The number of carbonyl (C=O) groups is 1. The number of fused-ring (bicyclic) bond motifs is 1. The molecule has 10 heteroatoms. The number of carbonyl (C=O) groups excluding carboxylic acids is 1. The summed E-state index contributed by atoms with van der Waals surface area (Å²) in [6.45, 7) is 0. The van der Waals surface area contributed by atoms with E-state index >= 15 is 0 Å². The molecule has 0 aliphatic heterocycles. The maximum atomic E-state index is 12.0. The van der Waals surface area contributed by atoms with Crippen LogP contribution in [0.15, 0.2) is 35.3 Å². The first-order chi connectivity index (χ1) is 12.7. The monoisotopic (exact) mass is 429 g/mol. The fourth-order valence-electron chi connectivity index (χ4n) is 2.68. The van der Waals surface area contributed by atoms with Gasteiger partial charge in [0, 0.05) is 5.92 Å². The van der Waals surface area contributed by atoms with Gasteiger partial charge in [-0.1, -0.05) is 17.4 Å². The molecular weight excluding hydrogens is 418 g/mol. The van der Waals surface area contributed by atoms with Gasteiger partial charge in [0.25, 0.3) is 0 Å². The lowest BCUT2D eigenvalue weighted by Gasteiger charge is -2.04. The van der Waals surface area contributed by atoms with Crippen molar-refractivity contribution in [1.29, 1.82) is 0 Å². The van der Waals surface area contributed by atoms with E-state index in [1.165, 1.54) is 11.3 Å². The van der Waals surface area contributed by atoms with Crippen LogP contribution in [0.3, 0.4) is 0 Å². The smallest absolute Gasteiger partial charge is 0.229 e. The predicted molar refractivity (Wildman–Crippen MR) is 101 cm³/mol. The molecule has 0 aromatic carbocycles. The standard InChI is InChI=1S/C16H12BrN7OS/c17-11-3-1-2-9(19-11)10-6-18-7-24(10)14-12-13(22-23-14)20-16(26-12)21-15(25)8-4-5-8/h1-3,6-8H,4-5H2,(H2,20,21,22,23,25). The molecule has 0 spiro atoms. The third-order valence-electron chi connectivity index (χ3n) is 4.12. The molecule has 0 atom stereocenters. The van der Waals surface area contributed by atoms with Crippen molar-refractivity contribution < 1.29 is 4.79 Å². The van der Waals surface area contributed by atoms with Crippen molar-refractivity contribution in [2.45, 2.75) is 12.8 Å². The van der Waals surface area contributed by atoms with Crippen molar-refractivity contribution in [3.05, 3.63) is 35.3 Å². The van der Waals surface area contributed by atoms with Crippen LogP contribution in [-0.4, -0.2) is 35.6 Å². The van der Waals surface area contributed by atoms with Crippen molar-refractivity contribution in [1.82, 2.24) is 29.7 Å². The summed E-state index contributed by atoms with van der Waals surface area (Å²) < 4.78 is 3.46. The van der Waals surface area contributed by atoms with Gasteiger partial charge < -0.3 is 5.32 Å². The van der Waals surface area contributed by atoms with E-state index in [-0.39, 0.29) is 11.8 Å². The van der Waals surface area contributed by atoms with Crippen LogP contribution in [0.1, 0.15) is 12.8 Å². The van der Waals surface area contributed by atoms with Gasteiger partial charge in [-0.2, -0.15) is 5.10 Å². The van der Waals surface area contributed by atoms with E-state index in [2.05, 4.69) is 46.4 Å². The molecular formula is C16H12BrN7OS. The SMILES string of the molecule is O=C(Nc1nc2[nH]nc(-n3cncc3-c3cccc(Br)n3)c2s1)C1CC1. The maximum absolute atomic E-state index is 12.0. The highest BCUT2D eigenvalue weighted by atomic mass is 79.9. The average molecular weight is 430 g/mol. The van der Waals surface area contributed by atoms with E-state index < -0.39 is 0 Å². The zero-order valence-electron chi connectivity index (χ0n) is 13.3. The molecule has 8 nitrogen and oxygen atoms in total. The van der Waals surface area contributed by atoms with Crippen LogP contribution in [0.2, 0.25) is 0 Å². The Morgan fingerprint density at radius 1 is 1.35 bits per heavy atom. The molecule has 5 rings (SSSR count). The van der Waals surface area contributed by atoms with E-state index in [9.17, 15) is 4.79 Å². The summed E-state index contributed by atoms with van der Waals surface area (Å²) in [7, 11) is 0. The molecule has 2 N–H and O–H groups in total. The molecule has 0 saturated heterocycles. The van der Waals surface area contributed by atoms with Gasteiger partial charge in [-0.15, -0.1) is 0 Å². The van der Waals surface area contributed by atoms with E-state index in [0.29, 0.717) is 16.6 Å². The van der Waals surface area contributed by atoms with Crippen LogP contribution in [0.5, 0.6) is 0 Å². The number of halogens is 1. The fraction of sp³-hybridized carbons (Fsp3) is 0.188. The minimum Gasteiger partial charge on any atom is -0.302 e. The Morgan fingerprint density at radius 2 is 2.23 bits per heavy atom. The normalized spacial score (nSPS) is 14.0. The van der Waals surface area contributed by atoms with Crippen LogP contribution in [-0.2, 0) is 4.79 Å². The molecule has 1 amide bonds. The second-order valence-electron chi connectivity index (χ2n) is 6.00. The van der Waals surface area contributed by atoms with Crippen LogP contribution < -0.4 is 5.32 Å². The molecule has 4 heterocycles. The zero-order valence-corrected chi connectivity index (χ0v) is 15.7. The molecule has 1 aliphatic carbocycles. The Bertz CT molecular complexity index is 1130. The number of thiazole rings is 1. The minimum absolute atomic E-state index is 0.0394. The lowest BCUT2D eigenvalue weighted by molar-refractivity contribution is -0.117. The number of nitrogens with zero attached hydrogens (tertiary/aromatic N) is 5. The van der Waals surface area contributed by atoms with E-state index in [4.69, 9.17) is 0 Å². The molecule has 0 radical (unpaired) electrons. The highest BCUT2D eigenvalue weighted by molar-refractivity contribution is 9.10. The first kappa shape index (κ1) is 15.6. The maximum Gasteiger partial charge on any atom is 0.229 e. The number of aromatic amines is 1. The predicted octanol–water partition coefficient (Wildman–Crippen LogP) is 3.38. The van der Waals surface area contributed by atoms with Crippen molar-refractivity contribution >= 4 is 48.7 Å². The van der Waals surface area contributed by atoms with Crippen molar-refractivity contribution in [3.63, 3.8) is 0 Å². The number of imidazole rings is 1. The summed E-state index contributed by atoms with van der Waals surface area (Å²) in [6, 6.07) is 5.70. The number of hydrogen-bond acceptors (Lipinski definition) is 6. The van der Waals surface area contributed by atoms with Gasteiger partial charge in [0.2, 0.25) is 5.91 Å². The Hall–Kier alpha value is -2.59. The number of aromatic nitrogens is 6. The molecule has 26 heavy (non-hydrogen) atoms. The summed E-state index contributed by atoms with van der Waals surface area (Å²) in [5.74, 6) is 0.856. The summed E-state index contributed by atoms with van der Waals surface area (Å²) in [5, 5.41) is 10.8. The van der Waals surface area contributed by atoms with Gasteiger partial charge in [-0.05, 0) is 40.9 Å². The van der Waals surface area contributed by atoms with Crippen LogP contribution in [0.4, 0.5) is 5.13 Å². The molecule has 4 aromatic rings. The molecule has 4 aromatic heterocycles. The third kappa shape index (κ3) is 2.71. The number of pyridine rings is 1. The fourth-order valence-corrected chi connectivity index (χ4v) is 3.93. The first-order valence-corrected chi connectivity index (χ1v) is 9.61. The molecule has 1 saturated carbocycles. The Kier molecular flexibility index (Phi) is 3.61. The topological polar surface area (TPSA) is 101 Å². The number of nitrogens with one attached hydrogen (secondary N) is 2. The van der Waals surface area contributed by atoms with Gasteiger partial charge in [-0.25, -0.2) is 15.0 Å². The van der Waals surface area contributed by atoms with Gasteiger partial charge >= 0.3 is 0 Å². The van der Waals surface area contributed by atoms with Crippen molar-refractivity contribution in [2.75, 3.05) is 5.32 Å². The van der Waals surface area contributed by atoms with Gasteiger partial charge in [0.05, 0.1) is 17.6 Å². The largest absolute Gasteiger partial charge is 0.302 e. The van der Waals surface area contributed by atoms with Crippen molar-refractivity contribution in [2.24, 2.45) is 5.92 Å².